The summed E-state index contributed by atoms with van der Waals surface area (Å²) in [5.74, 6) is 0.699. The lowest BCUT2D eigenvalue weighted by Gasteiger charge is -2.13. The highest BCUT2D eigenvalue weighted by molar-refractivity contribution is 5.92. The summed E-state index contributed by atoms with van der Waals surface area (Å²) < 4.78 is 23.7. The molecule has 0 aliphatic rings. The summed E-state index contributed by atoms with van der Waals surface area (Å²) >= 11 is 0. The number of rotatable bonds is 7. The number of ether oxygens (including phenoxy) is 4. The third-order valence-corrected chi connectivity index (χ3v) is 5.27. The number of aromatic nitrogens is 2. The zero-order valence-electron chi connectivity index (χ0n) is 18.4. The van der Waals surface area contributed by atoms with E-state index in [1.165, 1.54) is 21.3 Å². The highest BCUT2D eigenvalue weighted by Crippen LogP contribution is 2.38. The Balaban J connectivity index is 1.66. The Kier molecular flexibility index (Phi) is 5.98. The lowest BCUT2D eigenvalue weighted by Crippen LogP contribution is -2.07. The second-order valence-corrected chi connectivity index (χ2v) is 7.18. The molecule has 4 aromatic rings. The molecule has 0 amide bonds. The van der Waals surface area contributed by atoms with Gasteiger partial charge in [0, 0.05) is 29.0 Å². The first-order valence-corrected chi connectivity index (χ1v) is 10.1. The van der Waals surface area contributed by atoms with E-state index in [0.29, 0.717) is 22.8 Å². The molecular formula is C25H24N2O5. The van der Waals surface area contributed by atoms with Crippen LogP contribution in [-0.4, -0.2) is 36.8 Å². The monoisotopic (exact) mass is 432 g/mol. The van der Waals surface area contributed by atoms with Gasteiger partial charge in [-0.2, -0.15) is 0 Å². The van der Waals surface area contributed by atoms with Crippen molar-refractivity contribution in [1.82, 2.24) is 9.55 Å². The maximum atomic E-state index is 12.9. The smallest absolute Gasteiger partial charge is 0.338 e. The molecule has 0 spiro atoms. The SMILES string of the molecule is COc1cc(C(=O)OCc2cn(-c3ccccc3)c3nccc(C)c23)cc(OC)c1OC. The fourth-order valence-electron chi connectivity index (χ4n) is 3.73. The number of esters is 1. The molecular weight excluding hydrogens is 408 g/mol. The average Bonchev–Trinajstić information content (AvgIpc) is 3.22. The molecule has 0 radical (unpaired) electrons. The first kappa shape index (κ1) is 21.2. The molecule has 2 heterocycles. The van der Waals surface area contributed by atoms with Crippen LogP contribution in [0.15, 0.2) is 60.9 Å². The van der Waals surface area contributed by atoms with Gasteiger partial charge in [-0.05, 0) is 42.8 Å². The number of hydrogen-bond acceptors (Lipinski definition) is 6. The molecule has 0 aliphatic carbocycles. The van der Waals surface area contributed by atoms with Crippen molar-refractivity contribution in [2.75, 3.05) is 21.3 Å². The molecule has 2 aromatic carbocycles. The maximum absolute atomic E-state index is 12.9. The summed E-state index contributed by atoms with van der Waals surface area (Å²) in [5, 5.41) is 0.967. The van der Waals surface area contributed by atoms with Crippen molar-refractivity contribution in [3.05, 3.63) is 77.6 Å². The molecule has 164 valence electrons. The molecule has 0 N–H and O–H groups in total. The number of pyridine rings is 1. The number of benzene rings is 2. The van der Waals surface area contributed by atoms with Crippen molar-refractivity contribution >= 4 is 17.0 Å². The Morgan fingerprint density at radius 3 is 2.28 bits per heavy atom. The van der Waals surface area contributed by atoms with Gasteiger partial charge in [0.1, 0.15) is 12.3 Å². The molecule has 0 saturated heterocycles. The van der Waals surface area contributed by atoms with Gasteiger partial charge in [-0.1, -0.05) is 18.2 Å². The minimum atomic E-state index is -0.494. The van der Waals surface area contributed by atoms with Crippen LogP contribution in [0.25, 0.3) is 16.7 Å². The summed E-state index contributed by atoms with van der Waals surface area (Å²) in [6.07, 6.45) is 3.74. The predicted molar refractivity (Wildman–Crippen MR) is 121 cm³/mol. The Morgan fingerprint density at radius 1 is 0.969 bits per heavy atom. The van der Waals surface area contributed by atoms with Gasteiger partial charge in [0.25, 0.3) is 0 Å². The molecule has 0 fully saturated rings. The number of methoxy groups -OCH3 is 3. The molecule has 2 aromatic heterocycles. The number of aryl methyl sites for hydroxylation is 1. The lowest BCUT2D eigenvalue weighted by atomic mass is 10.1. The van der Waals surface area contributed by atoms with Gasteiger partial charge < -0.3 is 23.5 Å². The zero-order chi connectivity index (χ0) is 22.7. The van der Waals surface area contributed by atoms with Gasteiger partial charge in [-0.15, -0.1) is 0 Å². The molecule has 0 unspecified atom stereocenters. The van der Waals surface area contributed by atoms with Crippen LogP contribution in [0.5, 0.6) is 17.2 Å². The van der Waals surface area contributed by atoms with E-state index in [2.05, 4.69) is 4.98 Å². The average molecular weight is 432 g/mol. The Morgan fingerprint density at radius 2 is 1.66 bits per heavy atom. The normalized spacial score (nSPS) is 10.8. The van der Waals surface area contributed by atoms with E-state index < -0.39 is 5.97 Å². The number of nitrogens with zero attached hydrogens (tertiary/aromatic N) is 2. The third kappa shape index (κ3) is 3.85. The summed E-state index contributed by atoms with van der Waals surface area (Å²) in [5.41, 5.74) is 4.03. The molecule has 0 bridgehead atoms. The Hall–Kier alpha value is -4.00. The van der Waals surface area contributed by atoms with Crippen molar-refractivity contribution in [2.24, 2.45) is 0 Å². The van der Waals surface area contributed by atoms with Crippen molar-refractivity contribution in [3.8, 4) is 22.9 Å². The predicted octanol–water partition coefficient (Wildman–Crippen LogP) is 4.72. The summed E-state index contributed by atoms with van der Waals surface area (Å²) in [7, 11) is 4.51. The number of carbonyl (C=O) groups excluding carboxylic acids is 1. The van der Waals surface area contributed by atoms with E-state index in [1.54, 1.807) is 18.3 Å². The second-order valence-electron chi connectivity index (χ2n) is 7.18. The van der Waals surface area contributed by atoms with E-state index in [1.807, 2.05) is 54.1 Å². The molecule has 7 heteroatoms. The van der Waals surface area contributed by atoms with Gasteiger partial charge in [0.2, 0.25) is 5.75 Å². The number of carbonyl (C=O) groups is 1. The van der Waals surface area contributed by atoms with Crippen molar-refractivity contribution in [3.63, 3.8) is 0 Å². The van der Waals surface area contributed by atoms with Gasteiger partial charge in [0.05, 0.1) is 26.9 Å². The van der Waals surface area contributed by atoms with E-state index in [-0.39, 0.29) is 6.61 Å². The summed E-state index contributed by atoms with van der Waals surface area (Å²) in [6, 6.07) is 15.0. The molecule has 0 aliphatic heterocycles. The van der Waals surface area contributed by atoms with Gasteiger partial charge >= 0.3 is 5.97 Å². The number of hydrogen-bond donors (Lipinski definition) is 0. The van der Waals surface area contributed by atoms with Crippen LogP contribution < -0.4 is 14.2 Å². The van der Waals surface area contributed by atoms with Crippen LogP contribution >= 0.6 is 0 Å². The van der Waals surface area contributed by atoms with E-state index in [9.17, 15) is 4.79 Å². The van der Waals surface area contributed by atoms with E-state index >= 15 is 0 Å². The topological polar surface area (TPSA) is 71.8 Å². The zero-order valence-corrected chi connectivity index (χ0v) is 18.4. The highest BCUT2D eigenvalue weighted by atomic mass is 16.5. The van der Waals surface area contributed by atoms with Crippen LogP contribution in [0.4, 0.5) is 0 Å². The fraction of sp³-hybridized carbons (Fsp3) is 0.200. The Bertz CT molecular complexity index is 1240. The minimum Gasteiger partial charge on any atom is -0.493 e. The maximum Gasteiger partial charge on any atom is 0.338 e. The molecule has 0 atom stereocenters. The first-order chi connectivity index (χ1) is 15.6. The number of para-hydroxylation sites is 1. The van der Waals surface area contributed by atoms with Crippen LogP contribution in [0, 0.1) is 6.92 Å². The second kappa shape index (κ2) is 9.01. The van der Waals surface area contributed by atoms with Crippen LogP contribution in [-0.2, 0) is 11.3 Å². The van der Waals surface area contributed by atoms with Crippen molar-refractivity contribution in [1.29, 1.82) is 0 Å². The summed E-state index contributed by atoms with van der Waals surface area (Å²) in [6.45, 7) is 2.11. The number of fused-ring (bicyclic) bond motifs is 1. The lowest BCUT2D eigenvalue weighted by molar-refractivity contribution is 0.0473. The van der Waals surface area contributed by atoms with Gasteiger partial charge in [-0.3, -0.25) is 0 Å². The van der Waals surface area contributed by atoms with Crippen molar-refractivity contribution in [2.45, 2.75) is 13.5 Å². The standard InChI is InChI=1S/C25H24N2O5/c1-16-10-11-26-24-22(16)18(14-27(24)19-8-6-5-7-9-19)15-32-25(28)17-12-20(29-2)23(31-4)21(13-17)30-3/h5-14H,15H2,1-4H3. The van der Waals surface area contributed by atoms with E-state index in [4.69, 9.17) is 18.9 Å². The minimum absolute atomic E-state index is 0.0956. The largest absolute Gasteiger partial charge is 0.493 e. The van der Waals surface area contributed by atoms with Crippen LogP contribution in [0.2, 0.25) is 0 Å². The Labute approximate surface area is 186 Å². The molecule has 7 nitrogen and oxygen atoms in total. The first-order valence-electron chi connectivity index (χ1n) is 10.1. The highest BCUT2D eigenvalue weighted by Gasteiger charge is 2.19. The van der Waals surface area contributed by atoms with Gasteiger partial charge in [-0.25, -0.2) is 9.78 Å². The third-order valence-electron chi connectivity index (χ3n) is 5.27. The quantitative estimate of drug-likeness (QED) is 0.394. The van der Waals surface area contributed by atoms with E-state index in [0.717, 1.165) is 27.8 Å². The molecule has 0 saturated carbocycles. The van der Waals surface area contributed by atoms with Crippen LogP contribution in [0.1, 0.15) is 21.5 Å². The van der Waals surface area contributed by atoms with Gasteiger partial charge in [0.15, 0.2) is 11.5 Å². The summed E-state index contributed by atoms with van der Waals surface area (Å²) in [4.78, 5) is 17.4. The molecule has 4 rings (SSSR count). The van der Waals surface area contributed by atoms with Crippen molar-refractivity contribution < 1.29 is 23.7 Å². The molecule has 32 heavy (non-hydrogen) atoms. The fourth-order valence-corrected chi connectivity index (χ4v) is 3.73. The van der Waals surface area contributed by atoms with Crippen LogP contribution in [0.3, 0.4) is 0 Å².